The third-order valence-corrected chi connectivity index (χ3v) is 3.05. The molecule has 0 aliphatic carbocycles. The number of likely N-dealkylation sites (N-methyl/N-ethyl adjacent to an activating group) is 1. The molecule has 1 fully saturated rings. The van der Waals surface area contributed by atoms with Gasteiger partial charge in [0.05, 0.1) is 19.3 Å². The Bertz CT molecular complexity index is 312. The van der Waals surface area contributed by atoms with Crippen molar-refractivity contribution >= 4 is 0 Å². The van der Waals surface area contributed by atoms with Crippen LogP contribution < -0.4 is 0 Å². The molecule has 1 atom stereocenters. The second kappa shape index (κ2) is 4.72. The van der Waals surface area contributed by atoms with E-state index in [9.17, 15) is 0 Å². The number of aliphatic hydroxyl groups excluding tert-OH is 1. The fraction of sp³-hybridized carbons (Fsp3) is 0.800. The second-order valence-corrected chi connectivity index (χ2v) is 4.01. The summed E-state index contributed by atoms with van der Waals surface area (Å²) in [6.07, 6.45) is 4.34. The van der Waals surface area contributed by atoms with Gasteiger partial charge in [-0.15, -0.1) is 5.10 Å². The zero-order valence-corrected chi connectivity index (χ0v) is 9.13. The lowest BCUT2D eigenvalue weighted by molar-refractivity contribution is 0.237. The van der Waals surface area contributed by atoms with Gasteiger partial charge in [0, 0.05) is 6.04 Å². The van der Waals surface area contributed by atoms with Gasteiger partial charge in [0.1, 0.15) is 5.69 Å². The summed E-state index contributed by atoms with van der Waals surface area (Å²) in [6.45, 7) is 5.36. The molecule has 1 N–H and O–H groups in total. The van der Waals surface area contributed by atoms with Gasteiger partial charge in [0.15, 0.2) is 0 Å². The Morgan fingerprint density at radius 1 is 1.60 bits per heavy atom. The SMILES string of the molecule is CCN1CCCC1Cn1cc(CO)nn1. The summed E-state index contributed by atoms with van der Waals surface area (Å²) in [4.78, 5) is 2.47. The molecule has 5 nitrogen and oxygen atoms in total. The molecule has 0 saturated carbocycles. The highest BCUT2D eigenvalue weighted by molar-refractivity contribution is 4.90. The molecule has 15 heavy (non-hydrogen) atoms. The number of nitrogens with zero attached hydrogens (tertiary/aromatic N) is 4. The molecule has 1 saturated heterocycles. The number of aliphatic hydroxyl groups is 1. The molecule has 1 aliphatic heterocycles. The van der Waals surface area contributed by atoms with E-state index in [0.29, 0.717) is 11.7 Å². The number of hydrogen-bond acceptors (Lipinski definition) is 4. The highest BCUT2D eigenvalue weighted by atomic mass is 16.3. The molecule has 0 spiro atoms. The van der Waals surface area contributed by atoms with Crippen LogP contribution in [0, 0.1) is 0 Å². The molecule has 0 bridgehead atoms. The number of likely N-dealkylation sites (tertiary alicyclic amines) is 1. The Morgan fingerprint density at radius 2 is 2.47 bits per heavy atom. The molecule has 2 rings (SSSR count). The minimum Gasteiger partial charge on any atom is -0.390 e. The maximum Gasteiger partial charge on any atom is 0.108 e. The lowest BCUT2D eigenvalue weighted by Gasteiger charge is -2.22. The quantitative estimate of drug-likeness (QED) is 0.774. The van der Waals surface area contributed by atoms with Crippen LogP contribution in [0.25, 0.3) is 0 Å². The summed E-state index contributed by atoms with van der Waals surface area (Å²) in [7, 11) is 0. The molecular formula is C10H18N4O. The first-order valence-corrected chi connectivity index (χ1v) is 5.57. The zero-order valence-electron chi connectivity index (χ0n) is 9.13. The van der Waals surface area contributed by atoms with Crippen LogP contribution in [0.4, 0.5) is 0 Å². The smallest absolute Gasteiger partial charge is 0.108 e. The van der Waals surface area contributed by atoms with E-state index in [-0.39, 0.29) is 6.61 Å². The van der Waals surface area contributed by atoms with E-state index in [4.69, 9.17) is 5.11 Å². The van der Waals surface area contributed by atoms with Gasteiger partial charge < -0.3 is 5.11 Å². The van der Waals surface area contributed by atoms with Crippen LogP contribution in [0.15, 0.2) is 6.20 Å². The monoisotopic (exact) mass is 210 g/mol. The lowest BCUT2D eigenvalue weighted by atomic mass is 10.2. The van der Waals surface area contributed by atoms with Gasteiger partial charge in [-0.05, 0) is 25.9 Å². The van der Waals surface area contributed by atoms with Crippen LogP contribution in [0.1, 0.15) is 25.5 Å². The van der Waals surface area contributed by atoms with Gasteiger partial charge in [0.25, 0.3) is 0 Å². The van der Waals surface area contributed by atoms with Crippen molar-refractivity contribution in [2.24, 2.45) is 0 Å². The molecule has 0 aromatic carbocycles. The average molecular weight is 210 g/mol. The maximum absolute atomic E-state index is 8.88. The lowest BCUT2D eigenvalue weighted by Crippen LogP contribution is -2.32. The van der Waals surface area contributed by atoms with Crippen LogP contribution in [-0.4, -0.2) is 44.1 Å². The highest BCUT2D eigenvalue weighted by Gasteiger charge is 2.23. The fourth-order valence-corrected chi connectivity index (χ4v) is 2.23. The third-order valence-electron chi connectivity index (χ3n) is 3.05. The topological polar surface area (TPSA) is 54.2 Å². The number of hydrogen-bond donors (Lipinski definition) is 1. The van der Waals surface area contributed by atoms with E-state index < -0.39 is 0 Å². The van der Waals surface area contributed by atoms with E-state index >= 15 is 0 Å². The molecule has 2 heterocycles. The Morgan fingerprint density at radius 3 is 3.13 bits per heavy atom. The molecule has 1 aliphatic rings. The molecular weight excluding hydrogens is 192 g/mol. The third kappa shape index (κ3) is 2.35. The maximum atomic E-state index is 8.88. The van der Waals surface area contributed by atoms with Gasteiger partial charge in [-0.2, -0.15) is 0 Å². The van der Waals surface area contributed by atoms with Crippen LogP contribution in [0.3, 0.4) is 0 Å². The van der Waals surface area contributed by atoms with Crippen molar-refractivity contribution < 1.29 is 5.11 Å². The van der Waals surface area contributed by atoms with Crippen LogP contribution in [-0.2, 0) is 13.2 Å². The predicted octanol–water partition coefficient (Wildman–Crippen LogP) is 0.255. The minimum atomic E-state index is -0.0256. The molecule has 0 amide bonds. The highest BCUT2D eigenvalue weighted by Crippen LogP contribution is 2.17. The van der Waals surface area contributed by atoms with E-state index in [0.717, 1.165) is 13.1 Å². The van der Waals surface area contributed by atoms with Gasteiger partial charge in [-0.3, -0.25) is 9.58 Å². The van der Waals surface area contributed by atoms with Crippen LogP contribution in [0.5, 0.6) is 0 Å². The van der Waals surface area contributed by atoms with E-state index in [1.807, 2.05) is 10.9 Å². The molecule has 5 heteroatoms. The molecule has 1 aromatic heterocycles. The van der Waals surface area contributed by atoms with Crippen molar-refractivity contribution in [3.8, 4) is 0 Å². The first kappa shape index (κ1) is 10.6. The fourth-order valence-electron chi connectivity index (χ4n) is 2.23. The zero-order chi connectivity index (χ0) is 10.7. The number of aromatic nitrogens is 3. The average Bonchev–Trinajstić information content (AvgIpc) is 2.87. The largest absolute Gasteiger partial charge is 0.390 e. The summed E-state index contributed by atoms with van der Waals surface area (Å²) in [5.74, 6) is 0. The van der Waals surface area contributed by atoms with Crippen molar-refractivity contribution in [1.29, 1.82) is 0 Å². The standard InChI is InChI=1S/C10H18N4O/c1-2-13-5-3-4-10(13)7-14-6-9(8-15)11-12-14/h6,10,15H,2-5,7-8H2,1H3. The van der Waals surface area contributed by atoms with Gasteiger partial charge in [-0.25, -0.2) is 0 Å². The Hall–Kier alpha value is -0.940. The van der Waals surface area contributed by atoms with Crippen molar-refractivity contribution in [2.45, 2.75) is 39.0 Å². The summed E-state index contributed by atoms with van der Waals surface area (Å²) in [6, 6.07) is 0.586. The summed E-state index contributed by atoms with van der Waals surface area (Å²) in [5.41, 5.74) is 0.649. The van der Waals surface area contributed by atoms with Gasteiger partial charge in [-0.1, -0.05) is 12.1 Å². The summed E-state index contributed by atoms with van der Waals surface area (Å²) < 4.78 is 1.84. The van der Waals surface area contributed by atoms with Crippen LogP contribution >= 0.6 is 0 Å². The molecule has 1 unspecified atom stereocenters. The van der Waals surface area contributed by atoms with Gasteiger partial charge >= 0.3 is 0 Å². The van der Waals surface area contributed by atoms with Gasteiger partial charge in [0.2, 0.25) is 0 Å². The molecule has 0 radical (unpaired) electrons. The van der Waals surface area contributed by atoms with E-state index in [1.165, 1.54) is 19.4 Å². The summed E-state index contributed by atoms with van der Waals surface area (Å²) in [5, 5.41) is 16.8. The normalized spacial score (nSPS) is 22.4. The van der Waals surface area contributed by atoms with E-state index in [1.54, 1.807) is 0 Å². The number of rotatable bonds is 4. The van der Waals surface area contributed by atoms with Crippen molar-refractivity contribution in [2.75, 3.05) is 13.1 Å². The Kier molecular flexibility index (Phi) is 3.33. The first-order valence-electron chi connectivity index (χ1n) is 5.57. The van der Waals surface area contributed by atoms with E-state index in [2.05, 4.69) is 22.1 Å². The minimum absolute atomic E-state index is 0.0256. The first-order chi connectivity index (χ1) is 7.33. The Labute approximate surface area is 89.7 Å². The second-order valence-electron chi connectivity index (χ2n) is 4.01. The predicted molar refractivity (Wildman–Crippen MR) is 56.2 cm³/mol. The van der Waals surface area contributed by atoms with Crippen molar-refractivity contribution in [3.63, 3.8) is 0 Å². The van der Waals surface area contributed by atoms with Crippen molar-refractivity contribution in [3.05, 3.63) is 11.9 Å². The Balaban J connectivity index is 1.95. The summed E-state index contributed by atoms with van der Waals surface area (Å²) >= 11 is 0. The van der Waals surface area contributed by atoms with Crippen LogP contribution in [0.2, 0.25) is 0 Å². The molecule has 1 aromatic rings. The molecule has 84 valence electrons. The van der Waals surface area contributed by atoms with Crippen molar-refractivity contribution in [1.82, 2.24) is 19.9 Å².